The summed E-state index contributed by atoms with van der Waals surface area (Å²) in [6.07, 6.45) is -0.738. The Morgan fingerprint density at radius 1 is 1.06 bits per heavy atom. The second-order valence-electron chi connectivity index (χ2n) is 7.97. The molecule has 2 aromatic carbocycles. The molecule has 2 amide bonds. The van der Waals surface area contributed by atoms with E-state index in [1.54, 1.807) is 63.2 Å². The Kier molecular flexibility index (Phi) is 8.13. The highest BCUT2D eigenvalue weighted by Gasteiger charge is 2.23. The van der Waals surface area contributed by atoms with E-state index in [-0.39, 0.29) is 31.0 Å². The molecule has 0 fully saturated rings. The summed E-state index contributed by atoms with van der Waals surface area (Å²) < 4.78 is 24.3. The van der Waals surface area contributed by atoms with Crippen molar-refractivity contribution in [3.63, 3.8) is 0 Å². The van der Waals surface area contributed by atoms with E-state index in [0.29, 0.717) is 16.9 Å². The molecule has 2 rings (SSSR count). The maximum absolute atomic E-state index is 13.6. The number of alkyl carbamates (subject to hydrolysis) is 1. The molecule has 0 aromatic heterocycles. The number of Topliss-reactive ketones (excluding diaryl/α,β-unsaturated/α-hetero) is 1. The molecule has 3 N–H and O–H groups in total. The van der Waals surface area contributed by atoms with Crippen LogP contribution in [0.25, 0.3) is 0 Å². The highest BCUT2D eigenvalue weighted by molar-refractivity contribution is 5.96. The Hall–Kier alpha value is -3.42. The van der Waals surface area contributed by atoms with E-state index in [0.717, 1.165) is 0 Å². The number of ether oxygens (including phenoxy) is 2. The van der Waals surface area contributed by atoms with Gasteiger partial charge in [0.05, 0.1) is 0 Å². The van der Waals surface area contributed by atoms with Gasteiger partial charge >= 0.3 is 6.09 Å². The van der Waals surface area contributed by atoms with Crippen LogP contribution in [0.3, 0.4) is 0 Å². The Labute approximate surface area is 180 Å². The maximum atomic E-state index is 13.6. The number of carbonyl (C=O) groups excluding carboxylic acids is 3. The molecule has 0 saturated carbocycles. The van der Waals surface area contributed by atoms with Crippen LogP contribution in [0.4, 0.5) is 9.18 Å². The van der Waals surface area contributed by atoms with Crippen molar-refractivity contribution in [2.45, 2.75) is 51.9 Å². The van der Waals surface area contributed by atoms with E-state index >= 15 is 0 Å². The van der Waals surface area contributed by atoms with E-state index < -0.39 is 23.6 Å². The highest BCUT2D eigenvalue weighted by atomic mass is 19.1. The van der Waals surface area contributed by atoms with E-state index in [9.17, 15) is 18.8 Å². The van der Waals surface area contributed by atoms with Crippen LogP contribution in [0.1, 0.15) is 49.5 Å². The van der Waals surface area contributed by atoms with Gasteiger partial charge in [0, 0.05) is 17.5 Å². The van der Waals surface area contributed by atoms with Gasteiger partial charge in [-0.2, -0.15) is 0 Å². The summed E-state index contributed by atoms with van der Waals surface area (Å²) in [7, 11) is 0. The van der Waals surface area contributed by atoms with Crippen molar-refractivity contribution in [2.75, 3.05) is 0 Å². The minimum atomic E-state index is -1.03. The van der Waals surface area contributed by atoms with Crippen molar-refractivity contribution in [2.24, 2.45) is 5.73 Å². The highest BCUT2D eigenvalue weighted by Crippen LogP contribution is 2.17. The Morgan fingerprint density at radius 3 is 2.29 bits per heavy atom. The normalized spacial score (nSPS) is 12.0. The number of primary amides is 1. The predicted octanol–water partition coefficient (Wildman–Crippen LogP) is 3.75. The van der Waals surface area contributed by atoms with Crippen molar-refractivity contribution in [1.82, 2.24) is 5.32 Å². The Morgan fingerprint density at radius 2 is 1.71 bits per heavy atom. The van der Waals surface area contributed by atoms with Gasteiger partial charge in [0.15, 0.2) is 5.78 Å². The van der Waals surface area contributed by atoms with Crippen molar-refractivity contribution >= 4 is 17.8 Å². The molecule has 0 radical (unpaired) electrons. The SMILES string of the molecule is CC(C)(C)OC(=O)N[C@@H](CCC(=O)c1ccc(OCc2ccccc2F)cc1)C(N)=O. The zero-order valence-electron chi connectivity index (χ0n) is 17.8. The second kappa shape index (κ2) is 10.6. The molecule has 8 heteroatoms. The van der Waals surface area contributed by atoms with Gasteiger partial charge in [0.2, 0.25) is 5.91 Å². The van der Waals surface area contributed by atoms with Crippen LogP contribution in [-0.4, -0.2) is 29.4 Å². The number of nitrogens with one attached hydrogen (secondary N) is 1. The standard InChI is InChI=1S/C23H27FN2O5/c1-23(2,3)31-22(29)26-19(21(25)28)12-13-20(27)15-8-10-17(11-9-15)30-14-16-6-4-5-7-18(16)24/h4-11,19H,12-14H2,1-3H3,(H2,25,28)(H,26,29)/t19-/m0/s1. The first-order chi connectivity index (χ1) is 14.5. The summed E-state index contributed by atoms with van der Waals surface area (Å²) in [4.78, 5) is 35.9. The number of carbonyl (C=O) groups is 3. The number of hydrogen-bond acceptors (Lipinski definition) is 5. The van der Waals surface area contributed by atoms with Gasteiger partial charge < -0.3 is 20.5 Å². The van der Waals surface area contributed by atoms with Gasteiger partial charge in [-0.1, -0.05) is 18.2 Å². The van der Waals surface area contributed by atoms with Crippen LogP contribution in [-0.2, 0) is 16.1 Å². The Bertz CT molecular complexity index is 922. The molecule has 0 saturated heterocycles. The summed E-state index contributed by atoms with van der Waals surface area (Å²) in [5, 5.41) is 2.39. The number of halogens is 1. The minimum absolute atomic E-state index is 0.00116. The van der Waals surface area contributed by atoms with Crippen LogP contribution in [0, 0.1) is 5.82 Å². The lowest BCUT2D eigenvalue weighted by atomic mass is 10.0. The van der Waals surface area contributed by atoms with E-state index in [1.165, 1.54) is 6.07 Å². The molecule has 166 valence electrons. The number of ketones is 1. The molecule has 0 spiro atoms. The van der Waals surface area contributed by atoms with Crippen LogP contribution in [0.2, 0.25) is 0 Å². The molecule has 31 heavy (non-hydrogen) atoms. The molecular weight excluding hydrogens is 403 g/mol. The van der Waals surface area contributed by atoms with Gasteiger partial charge in [-0.3, -0.25) is 9.59 Å². The molecule has 2 aromatic rings. The molecule has 0 unspecified atom stereocenters. The van der Waals surface area contributed by atoms with Crippen molar-refractivity contribution in [1.29, 1.82) is 0 Å². The fourth-order valence-corrected chi connectivity index (χ4v) is 2.67. The molecule has 0 aliphatic heterocycles. The fraction of sp³-hybridized carbons (Fsp3) is 0.348. The zero-order chi connectivity index (χ0) is 23.0. The predicted molar refractivity (Wildman–Crippen MR) is 113 cm³/mol. The molecular formula is C23H27FN2O5. The van der Waals surface area contributed by atoms with Crippen LogP contribution in [0.5, 0.6) is 5.75 Å². The molecule has 0 heterocycles. The molecule has 0 bridgehead atoms. The van der Waals surface area contributed by atoms with Crippen LogP contribution < -0.4 is 15.8 Å². The van der Waals surface area contributed by atoms with Crippen molar-refractivity contribution in [3.8, 4) is 5.75 Å². The summed E-state index contributed by atoms with van der Waals surface area (Å²) in [5.41, 5.74) is 5.44. The first-order valence-electron chi connectivity index (χ1n) is 9.83. The number of nitrogens with two attached hydrogens (primary N) is 1. The van der Waals surface area contributed by atoms with E-state index in [2.05, 4.69) is 5.32 Å². The van der Waals surface area contributed by atoms with Crippen LogP contribution >= 0.6 is 0 Å². The monoisotopic (exact) mass is 430 g/mol. The zero-order valence-corrected chi connectivity index (χ0v) is 17.8. The number of benzene rings is 2. The van der Waals surface area contributed by atoms with Gasteiger partial charge in [0.1, 0.15) is 29.8 Å². The van der Waals surface area contributed by atoms with Gasteiger partial charge in [0.25, 0.3) is 0 Å². The molecule has 7 nitrogen and oxygen atoms in total. The second-order valence-corrected chi connectivity index (χ2v) is 7.97. The minimum Gasteiger partial charge on any atom is -0.489 e. The third kappa shape index (κ3) is 8.08. The number of hydrogen-bond donors (Lipinski definition) is 2. The maximum Gasteiger partial charge on any atom is 0.408 e. The summed E-state index contributed by atoms with van der Waals surface area (Å²) in [6.45, 7) is 5.15. The summed E-state index contributed by atoms with van der Waals surface area (Å²) in [5.74, 6) is -0.840. The summed E-state index contributed by atoms with van der Waals surface area (Å²) in [6, 6.07) is 11.7. The molecule has 0 aliphatic rings. The van der Waals surface area contributed by atoms with Gasteiger partial charge in [-0.15, -0.1) is 0 Å². The lowest BCUT2D eigenvalue weighted by Gasteiger charge is -2.22. The average molecular weight is 430 g/mol. The molecule has 1 atom stereocenters. The lowest BCUT2D eigenvalue weighted by Crippen LogP contribution is -2.46. The number of rotatable bonds is 9. The topological polar surface area (TPSA) is 108 Å². The Balaban J connectivity index is 1.88. The quantitative estimate of drug-likeness (QED) is 0.589. The van der Waals surface area contributed by atoms with E-state index in [4.69, 9.17) is 15.2 Å². The lowest BCUT2D eigenvalue weighted by molar-refractivity contribution is -0.120. The first-order valence-corrected chi connectivity index (χ1v) is 9.83. The van der Waals surface area contributed by atoms with Crippen molar-refractivity contribution < 1.29 is 28.2 Å². The third-order valence-corrected chi connectivity index (χ3v) is 4.22. The summed E-state index contributed by atoms with van der Waals surface area (Å²) >= 11 is 0. The third-order valence-electron chi connectivity index (χ3n) is 4.22. The largest absolute Gasteiger partial charge is 0.489 e. The first kappa shape index (κ1) is 23.9. The molecule has 0 aliphatic carbocycles. The van der Waals surface area contributed by atoms with Gasteiger partial charge in [-0.25, -0.2) is 9.18 Å². The van der Waals surface area contributed by atoms with E-state index in [1.807, 2.05) is 0 Å². The van der Waals surface area contributed by atoms with Crippen LogP contribution in [0.15, 0.2) is 48.5 Å². The number of amides is 2. The smallest absolute Gasteiger partial charge is 0.408 e. The average Bonchev–Trinajstić information content (AvgIpc) is 2.69. The van der Waals surface area contributed by atoms with Crippen molar-refractivity contribution in [3.05, 3.63) is 65.5 Å². The van der Waals surface area contributed by atoms with Gasteiger partial charge in [-0.05, 0) is 57.5 Å². The fourth-order valence-electron chi connectivity index (χ4n) is 2.67.